The number of piperidine rings is 1. The molecular weight excluding hydrogens is 257 g/mol. The molecule has 0 amide bonds. The Morgan fingerprint density at radius 2 is 2.10 bits per heavy atom. The molecule has 1 aliphatic rings. The van der Waals surface area contributed by atoms with Crippen molar-refractivity contribution in [3.8, 4) is 0 Å². The summed E-state index contributed by atoms with van der Waals surface area (Å²) in [4.78, 5) is 13.3. The van der Waals surface area contributed by atoms with Gasteiger partial charge in [0.15, 0.2) is 0 Å². The van der Waals surface area contributed by atoms with Gasteiger partial charge in [0.25, 0.3) is 0 Å². The van der Waals surface area contributed by atoms with Crippen molar-refractivity contribution in [3.63, 3.8) is 0 Å². The maximum Gasteiger partial charge on any atom is 0.338 e. The van der Waals surface area contributed by atoms with E-state index in [2.05, 4.69) is 11.8 Å². The molecule has 1 N–H and O–H groups in total. The van der Waals surface area contributed by atoms with E-state index in [1.165, 1.54) is 37.8 Å². The highest BCUT2D eigenvalue weighted by Crippen LogP contribution is 2.23. The Labute approximate surface area is 119 Å². The minimum absolute atomic E-state index is 0.233. The second-order valence-corrected chi connectivity index (χ2v) is 5.63. The summed E-state index contributed by atoms with van der Waals surface area (Å²) in [7, 11) is 0. The van der Waals surface area contributed by atoms with Crippen molar-refractivity contribution < 1.29 is 14.3 Å². The van der Waals surface area contributed by atoms with E-state index in [1.807, 2.05) is 0 Å². The lowest BCUT2D eigenvalue weighted by molar-refractivity contribution is 0.0691. The largest absolute Gasteiger partial charge is 0.478 e. The molecule has 4 heteroatoms. The number of likely N-dealkylation sites (tertiary alicyclic amines) is 1. The maximum absolute atomic E-state index is 13.3. The summed E-state index contributed by atoms with van der Waals surface area (Å²) in [6.07, 6.45) is 4.96. The molecule has 0 saturated carbocycles. The number of hydrogen-bond acceptors (Lipinski definition) is 2. The summed E-state index contributed by atoms with van der Waals surface area (Å²) < 4.78 is 13.3. The van der Waals surface area contributed by atoms with Gasteiger partial charge >= 0.3 is 5.97 Å². The molecule has 0 bridgehead atoms. The zero-order valence-electron chi connectivity index (χ0n) is 11.9. The van der Waals surface area contributed by atoms with Gasteiger partial charge in [-0.05, 0) is 49.5 Å². The minimum atomic E-state index is -1.20. The first-order valence-corrected chi connectivity index (χ1v) is 7.34. The van der Waals surface area contributed by atoms with Crippen molar-refractivity contribution in [3.05, 3.63) is 35.1 Å². The fourth-order valence-electron chi connectivity index (χ4n) is 2.93. The highest BCUT2D eigenvalue weighted by molar-refractivity contribution is 5.88. The van der Waals surface area contributed by atoms with Gasteiger partial charge in [-0.15, -0.1) is 0 Å². The van der Waals surface area contributed by atoms with Crippen LogP contribution in [0.15, 0.2) is 18.2 Å². The predicted octanol–water partition coefficient (Wildman–Crippen LogP) is 3.54. The number of carboxylic acids is 1. The van der Waals surface area contributed by atoms with Crippen molar-refractivity contribution in [2.24, 2.45) is 5.92 Å². The van der Waals surface area contributed by atoms with Crippen LogP contribution in [0.1, 0.15) is 48.5 Å². The van der Waals surface area contributed by atoms with E-state index in [9.17, 15) is 9.18 Å². The lowest BCUT2D eigenvalue weighted by atomic mass is 9.92. The second-order valence-electron chi connectivity index (χ2n) is 5.63. The molecule has 0 aromatic heterocycles. The Morgan fingerprint density at radius 1 is 1.40 bits per heavy atom. The van der Waals surface area contributed by atoms with Gasteiger partial charge in [-0.2, -0.15) is 0 Å². The smallest absolute Gasteiger partial charge is 0.338 e. The van der Waals surface area contributed by atoms with E-state index in [0.717, 1.165) is 24.6 Å². The SMILES string of the molecule is CCCC1CCN(Cc2ccc(F)c(C(=O)O)c2)CC1. The number of hydrogen-bond donors (Lipinski definition) is 1. The van der Waals surface area contributed by atoms with Gasteiger partial charge in [-0.1, -0.05) is 25.8 Å². The molecule has 1 saturated heterocycles. The Balaban J connectivity index is 1.94. The van der Waals surface area contributed by atoms with E-state index in [-0.39, 0.29) is 5.56 Å². The fourth-order valence-corrected chi connectivity index (χ4v) is 2.93. The number of aromatic carboxylic acids is 1. The quantitative estimate of drug-likeness (QED) is 0.896. The molecule has 1 aliphatic heterocycles. The summed E-state index contributed by atoms with van der Waals surface area (Å²) in [5, 5.41) is 8.94. The van der Waals surface area contributed by atoms with Crippen LogP contribution in [0.25, 0.3) is 0 Å². The van der Waals surface area contributed by atoms with Crippen LogP contribution in [-0.2, 0) is 6.54 Å². The van der Waals surface area contributed by atoms with E-state index in [0.29, 0.717) is 6.54 Å². The summed E-state index contributed by atoms with van der Waals surface area (Å²) in [6.45, 7) is 5.02. The number of rotatable bonds is 5. The van der Waals surface area contributed by atoms with Gasteiger partial charge in [0.05, 0.1) is 5.56 Å². The number of nitrogens with zero attached hydrogens (tertiary/aromatic N) is 1. The van der Waals surface area contributed by atoms with Gasteiger partial charge in [0.2, 0.25) is 0 Å². The van der Waals surface area contributed by atoms with E-state index in [1.54, 1.807) is 6.07 Å². The number of carbonyl (C=O) groups is 1. The lowest BCUT2D eigenvalue weighted by Gasteiger charge is -2.31. The topological polar surface area (TPSA) is 40.5 Å². The summed E-state index contributed by atoms with van der Waals surface area (Å²) >= 11 is 0. The number of carboxylic acid groups (broad SMARTS) is 1. The Kier molecular flexibility index (Phi) is 5.12. The molecular formula is C16H22FNO2. The van der Waals surface area contributed by atoms with E-state index < -0.39 is 11.8 Å². The van der Waals surface area contributed by atoms with Crippen LogP contribution < -0.4 is 0 Å². The number of halogens is 1. The van der Waals surface area contributed by atoms with Crippen LogP contribution in [0.4, 0.5) is 4.39 Å². The third kappa shape index (κ3) is 3.79. The molecule has 0 unspecified atom stereocenters. The first-order valence-electron chi connectivity index (χ1n) is 7.34. The molecule has 20 heavy (non-hydrogen) atoms. The monoisotopic (exact) mass is 279 g/mol. The van der Waals surface area contributed by atoms with Crippen molar-refractivity contribution in [1.29, 1.82) is 0 Å². The number of benzene rings is 1. The van der Waals surface area contributed by atoms with E-state index in [4.69, 9.17) is 5.11 Å². The van der Waals surface area contributed by atoms with Gasteiger partial charge in [0, 0.05) is 6.54 Å². The van der Waals surface area contributed by atoms with Gasteiger partial charge in [-0.3, -0.25) is 4.90 Å². The van der Waals surface area contributed by atoms with Crippen LogP contribution in [-0.4, -0.2) is 29.1 Å². The average molecular weight is 279 g/mol. The molecule has 0 spiro atoms. The Hall–Kier alpha value is -1.42. The van der Waals surface area contributed by atoms with Gasteiger partial charge in [0.1, 0.15) is 5.82 Å². The molecule has 3 nitrogen and oxygen atoms in total. The third-order valence-electron chi connectivity index (χ3n) is 4.07. The van der Waals surface area contributed by atoms with Crippen LogP contribution in [0.3, 0.4) is 0 Å². The van der Waals surface area contributed by atoms with Gasteiger partial charge in [-0.25, -0.2) is 9.18 Å². The Morgan fingerprint density at radius 3 is 2.70 bits per heavy atom. The normalized spacial score (nSPS) is 17.3. The molecule has 1 fully saturated rings. The summed E-state index contributed by atoms with van der Waals surface area (Å²) in [6, 6.07) is 4.39. The maximum atomic E-state index is 13.3. The predicted molar refractivity (Wildman–Crippen MR) is 76.3 cm³/mol. The highest BCUT2D eigenvalue weighted by atomic mass is 19.1. The van der Waals surface area contributed by atoms with Crippen LogP contribution in [0.2, 0.25) is 0 Å². The molecule has 2 rings (SSSR count). The molecule has 110 valence electrons. The second kappa shape index (κ2) is 6.84. The standard InChI is InChI=1S/C16H22FNO2/c1-2-3-12-6-8-18(9-7-12)11-13-4-5-15(17)14(10-13)16(19)20/h4-5,10,12H,2-3,6-9,11H2,1H3,(H,19,20). The van der Waals surface area contributed by atoms with E-state index >= 15 is 0 Å². The molecule has 1 aromatic carbocycles. The first-order chi connectivity index (χ1) is 9.60. The summed E-state index contributed by atoms with van der Waals surface area (Å²) in [5.74, 6) is -1.03. The molecule has 0 aliphatic carbocycles. The van der Waals surface area contributed by atoms with Crippen molar-refractivity contribution in [2.75, 3.05) is 13.1 Å². The van der Waals surface area contributed by atoms with Crippen molar-refractivity contribution in [1.82, 2.24) is 4.90 Å². The van der Waals surface area contributed by atoms with Crippen LogP contribution in [0.5, 0.6) is 0 Å². The third-order valence-corrected chi connectivity index (χ3v) is 4.07. The molecule has 0 radical (unpaired) electrons. The molecule has 0 atom stereocenters. The van der Waals surface area contributed by atoms with Crippen LogP contribution >= 0.6 is 0 Å². The van der Waals surface area contributed by atoms with Gasteiger partial charge < -0.3 is 5.11 Å². The zero-order chi connectivity index (χ0) is 14.5. The molecule has 1 heterocycles. The Bertz CT molecular complexity index is 468. The summed E-state index contributed by atoms with van der Waals surface area (Å²) in [5.41, 5.74) is 0.640. The first kappa shape index (κ1) is 15.0. The molecule has 1 aromatic rings. The average Bonchev–Trinajstić information content (AvgIpc) is 2.43. The fraction of sp³-hybridized carbons (Fsp3) is 0.562. The zero-order valence-corrected chi connectivity index (χ0v) is 11.9. The van der Waals surface area contributed by atoms with Crippen molar-refractivity contribution in [2.45, 2.75) is 39.2 Å². The van der Waals surface area contributed by atoms with Crippen LogP contribution in [0, 0.1) is 11.7 Å². The minimum Gasteiger partial charge on any atom is -0.478 e. The van der Waals surface area contributed by atoms with Crippen molar-refractivity contribution >= 4 is 5.97 Å². The highest BCUT2D eigenvalue weighted by Gasteiger charge is 2.19. The lowest BCUT2D eigenvalue weighted by Crippen LogP contribution is -2.33.